The van der Waals surface area contributed by atoms with Gasteiger partial charge in [-0.2, -0.15) is 0 Å². The van der Waals surface area contributed by atoms with Crippen LogP contribution in [-0.4, -0.2) is 58.9 Å². The highest BCUT2D eigenvalue weighted by Gasteiger charge is 2.44. The third kappa shape index (κ3) is 5.84. The number of anilines is 2. The predicted molar refractivity (Wildman–Crippen MR) is 134 cm³/mol. The monoisotopic (exact) mass is 505 g/mol. The van der Waals surface area contributed by atoms with Gasteiger partial charge in [0.15, 0.2) is 0 Å². The van der Waals surface area contributed by atoms with E-state index in [0.717, 1.165) is 61.2 Å². The fourth-order valence-corrected chi connectivity index (χ4v) is 5.55. The van der Waals surface area contributed by atoms with Gasteiger partial charge in [-0.3, -0.25) is 0 Å². The molecule has 2 aromatic heterocycles. The number of carbonyl (C=O) groups is 1. The smallest absolute Gasteiger partial charge is 0.407 e. The van der Waals surface area contributed by atoms with Crippen LogP contribution in [0.25, 0.3) is 0 Å². The number of carbonyl (C=O) groups excluding carboxylic acids is 1. The van der Waals surface area contributed by atoms with Crippen LogP contribution in [0.5, 0.6) is 0 Å². The Morgan fingerprint density at radius 1 is 1.26 bits per heavy atom. The third-order valence-electron chi connectivity index (χ3n) is 6.37. The Kier molecular flexibility index (Phi) is 7.39. The zero-order chi connectivity index (χ0) is 24.3. The fraction of sp³-hybridized carbons (Fsp3) is 0.565. The highest BCUT2D eigenvalue weighted by Crippen LogP contribution is 2.41. The Labute approximate surface area is 209 Å². The summed E-state index contributed by atoms with van der Waals surface area (Å²) in [5, 5.41) is 7.72. The van der Waals surface area contributed by atoms with Crippen LogP contribution in [0, 0.1) is 5.41 Å². The molecule has 1 atom stereocenters. The van der Waals surface area contributed by atoms with E-state index in [9.17, 15) is 4.79 Å². The van der Waals surface area contributed by atoms with E-state index in [0.29, 0.717) is 10.8 Å². The minimum atomic E-state index is -0.513. The van der Waals surface area contributed by atoms with Crippen molar-refractivity contribution in [1.82, 2.24) is 25.6 Å². The van der Waals surface area contributed by atoms with Crippen molar-refractivity contribution in [3.05, 3.63) is 29.7 Å². The van der Waals surface area contributed by atoms with Crippen molar-refractivity contribution in [3.8, 4) is 0 Å². The molecule has 2 saturated heterocycles. The van der Waals surface area contributed by atoms with E-state index in [1.807, 2.05) is 26.8 Å². The van der Waals surface area contributed by atoms with E-state index in [1.54, 1.807) is 18.6 Å². The Balaban J connectivity index is 1.37. The number of nitrogens with two attached hydrogens (primary N) is 1. The normalized spacial score (nSPS) is 20.2. The number of amides is 1. The molecule has 0 bridgehead atoms. The van der Waals surface area contributed by atoms with Crippen molar-refractivity contribution >= 4 is 41.1 Å². The quantitative estimate of drug-likeness (QED) is 0.571. The van der Waals surface area contributed by atoms with Crippen LogP contribution in [0.1, 0.15) is 40.0 Å². The predicted octanol–water partition coefficient (Wildman–Crippen LogP) is 3.73. The Hall–Kier alpha value is -2.30. The molecule has 4 rings (SSSR count). The van der Waals surface area contributed by atoms with E-state index in [-0.39, 0.29) is 17.6 Å². The highest BCUT2D eigenvalue weighted by molar-refractivity contribution is 7.99. The molecule has 2 aliphatic heterocycles. The van der Waals surface area contributed by atoms with Crippen molar-refractivity contribution in [2.45, 2.75) is 61.6 Å². The van der Waals surface area contributed by atoms with Crippen LogP contribution in [0.15, 0.2) is 34.6 Å². The second-order valence-corrected chi connectivity index (χ2v) is 11.3. The first-order chi connectivity index (χ1) is 16.2. The number of hydrogen-bond donors (Lipinski definition) is 3. The maximum atomic E-state index is 12.4. The first kappa shape index (κ1) is 24.8. The number of aromatic nitrogens is 3. The lowest BCUT2D eigenvalue weighted by atomic mass is 9.68. The molecule has 0 aliphatic carbocycles. The molecule has 2 aromatic rings. The average Bonchev–Trinajstić information content (AvgIpc) is 2.78. The molecule has 0 aromatic carbocycles. The molecule has 1 spiro atoms. The zero-order valence-electron chi connectivity index (χ0n) is 19.8. The summed E-state index contributed by atoms with van der Waals surface area (Å²) in [6.45, 7) is 9.08. The van der Waals surface area contributed by atoms with E-state index in [1.165, 1.54) is 11.8 Å². The number of alkyl carbamates (subject to hydrolysis) is 1. The summed E-state index contributed by atoms with van der Waals surface area (Å²) in [4.78, 5) is 28.7. The first-order valence-corrected chi connectivity index (χ1v) is 12.7. The summed E-state index contributed by atoms with van der Waals surface area (Å²) in [7, 11) is 0. The lowest BCUT2D eigenvalue weighted by Crippen LogP contribution is -2.61. The van der Waals surface area contributed by atoms with Gasteiger partial charge < -0.3 is 26.0 Å². The summed E-state index contributed by atoms with van der Waals surface area (Å²) >= 11 is 7.65. The molecule has 4 N–H and O–H groups in total. The molecule has 11 heteroatoms. The van der Waals surface area contributed by atoms with Crippen LogP contribution in [-0.2, 0) is 4.74 Å². The van der Waals surface area contributed by atoms with Gasteiger partial charge in [0, 0.05) is 30.7 Å². The number of nitrogens with one attached hydrogen (secondary N) is 2. The Morgan fingerprint density at radius 3 is 2.71 bits per heavy atom. The van der Waals surface area contributed by atoms with Crippen LogP contribution in [0.4, 0.5) is 16.4 Å². The van der Waals surface area contributed by atoms with Crippen molar-refractivity contribution in [1.29, 1.82) is 0 Å². The van der Waals surface area contributed by atoms with Gasteiger partial charge in [-0.25, -0.2) is 19.7 Å². The lowest BCUT2D eigenvalue weighted by Gasteiger charge is -2.49. The van der Waals surface area contributed by atoms with Crippen LogP contribution >= 0.6 is 23.4 Å². The van der Waals surface area contributed by atoms with Gasteiger partial charge in [-0.05, 0) is 58.1 Å². The molecule has 2 aliphatic rings. The number of rotatable bonds is 4. The van der Waals surface area contributed by atoms with Crippen LogP contribution in [0.3, 0.4) is 0 Å². The van der Waals surface area contributed by atoms with Gasteiger partial charge in [0.05, 0.1) is 23.5 Å². The van der Waals surface area contributed by atoms with E-state index in [2.05, 4.69) is 30.5 Å². The standard InChI is InChI=1S/C23H32ClN7O2S/c1-22(2,3)33-21(32)30-16-12-26-9-5-23(16)6-10-31(11-7-23)17-13-29-18(14-28-17)34-15-4-8-27-20(25)19(15)24/h4,8,13-14,16,26H,5-7,9-12H2,1-3H3,(H2,25,27)(H,30,32). The van der Waals surface area contributed by atoms with Gasteiger partial charge in [0.2, 0.25) is 0 Å². The summed E-state index contributed by atoms with van der Waals surface area (Å²) in [5.74, 6) is 1.15. The second kappa shape index (κ2) is 10.1. The number of piperidine rings is 2. The topological polar surface area (TPSA) is 118 Å². The number of nitrogen functional groups attached to an aromatic ring is 1. The summed E-state index contributed by atoms with van der Waals surface area (Å²) in [5.41, 5.74) is 5.33. The van der Waals surface area contributed by atoms with Gasteiger partial charge in [0.1, 0.15) is 22.3 Å². The summed E-state index contributed by atoms with van der Waals surface area (Å²) in [6.07, 6.45) is 7.81. The molecular formula is C23H32ClN7O2S. The first-order valence-electron chi connectivity index (χ1n) is 11.5. The van der Waals surface area contributed by atoms with Gasteiger partial charge >= 0.3 is 6.09 Å². The van der Waals surface area contributed by atoms with Gasteiger partial charge in [0.25, 0.3) is 0 Å². The van der Waals surface area contributed by atoms with Crippen molar-refractivity contribution in [2.24, 2.45) is 5.41 Å². The van der Waals surface area contributed by atoms with Gasteiger partial charge in [-0.15, -0.1) is 0 Å². The molecule has 4 heterocycles. The molecule has 0 saturated carbocycles. The van der Waals surface area contributed by atoms with Crippen molar-refractivity contribution in [2.75, 3.05) is 36.8 Å². The minimum Gasteiger partial charge on any atom is -0.444 e. The molecule has 184 valence electrons. The van der Waals surface area contributed by atoms with Crippen LogP contribution < -0.4 is 21.3 Å². The van der Waals surface area contributed by atoms with Crippen LogP contribution in [0.2, 0.25) is 5.02 Å². The number of halogens is 1. The van der Waals surface area contributed by atoms with E-state index >= 15 is 0 Å². The van der Waals surface area contributed by atoms with E-state index < -0.39 is 5.60 Å². The fourth-order valence-electron chi connectivity index (χ4n) is 4.57. The minimum absolute atomic E-state index is 0.0423. The second-order valence-electron chi connectivity index (χ2n) is 9.83. The SMILES string of the molecule is CC(C)(C)OC(=O)NC1CNCCC12CCN(c1cnc(Sc3ccnc(N)c3Cl)cn1)CC2. The number of hydrogen-bond acceptors (Lipinski definition) is 9. The largest absolute Gasteiger partial charge is 0.444 e. The number of nitrogens with zero attached hydrogens (tertiary/aromatic N) is 4. The summed E-state index contributed by atoms with van der Waals surface area (Å²) in [6, 6.07) is 1.85. The van der Waals surface area contributed by atoms with E-state index in [4.69, 9.17) is 22.1 Å². The molecule has 9 nitrogen and oxygen atoms in total. The third-order valence-corrected chi connectivity index (χ3v) is 7.86. The Bertz CT molecular complexity index is 1010. The van der Waals surface area contributed by atoms with Crippen molar-refractivity contribution in [3.63, 3.8) is 0 Å². The molecule has 1 unspecified atom stereocenters. The molecule has 34 heavy (non-hydrogen) atoms. The number of ether oxygens (including phenoxy) is 1. The summed E-state index contributed by atoms with van der Waals surface area (Å²) < 4.78 is 5.51. The lowest BCUT2D eigenvalue weighted by molar-refractivity contribution is 0.0358. The molecular weight excluding hydrogens is 474 g/mol. The maximum absolute atomic E-state index is 12.4. The molecule has 1 amide bonds. The maximum Gasteiger partial charge on any atom is 0.407 e. The zero-order valence-corrected chi connectivity index (χ0v) is 21.4. The number of pyridine rings is 1. The van der Waals surface area contributed by atoms with Gasteiger partial charge in [-0.1, -0.05) is 23.4 Å². The Morgan fingerprint density at radius 2 is 2.03 bits per heavy atom. The molecule has 2 fully saturated rings. The molecule has 0 radical (unpaired) electrons. The highest BCUT2D eigenvalue weighted by atomic mass is 35.5. The van der Waals surface area contributed by atoms with Crippen molar-refractivity contribution < 1.29 is 9.53 Å². The average molecular weight is 506 g/mol.